The molecule has 0 heterocycles. The maximum Gasteiger partial charge on any atom is 0.293 e. The third-order valence-corrected chi connectivity index (χ3v) is 3.63. The molecule has 0 radical (unpaired) electrons. The first-order valence-electron chi connectivity index (χ1n) is 6.85. The highest BCUT2D eigenvalue weighted by molar-refractivity contribution is 9.10. The first-order valence-corrected chi connectivity index (χ1v) is 7.64. The van der Waals surface area contributed by atoms with Gasteiger partial charge in [0.25, 0.3) is 11.6 Å². The van der Waals surface area contributed by atoms with Crippen LogP contribution in [0.2, 0.25) is 0 Å². The van der Waals surface area contributed by atoms with Crippen molar-refractivity contribution in [1.29, 1.82) is 0 Å². The Morgan fingerprint density at radius 3 is 2.52 bits per heavy atom. The zero-order valence-electron chi connectivity index (χ0n) is 12.6. The molecule has 0 saturated carbocycles. The number of nitrogens with zero attached hydrogens (tertiary/aromatic N) is 1. The van der Waals surface area contributed by atoms with Crippen LogP contribution in [0.3, 0.4) is 0 Å². The molecule has 1 unspecified atom stereocenters. The van der Waals surface area contributed by atoms with Gasteiger partial charge in [-0.1, -0.05) is 22.0 Å². The monoisotopic (exact) mass is 378 g/mol. The van der Waals surface area contributed by atoms with Gasteiger partial charge >= 0.3 is 0 Å². The number of hydrogen-bond acceptors (Lipinski definition) is 4. The lowest BCUT2D eigenvalue weighted by molar-refractivity contribution is -0.384. The number of anilines is 1. The van der Waals surface area contributed by atoms with Crippen molar-refractivity contribution in [2.75, 3.05) is 5.32 Å². The Hall–Kier alpha value is -2.41. The first-order chi connectivity index (χ1) is 10.9. The number of halogens is 1. The molecule has 0 aliphatic rings. The summed E-state index contributed by atoms with van der Waals surface area (Å²) in [6.07, 6.45) is -0.794. The summed E-state index contributed by atoms with van der Waals surface area (Å²) < 4.78 is 6.42. The molecule has 0 spiro atoms. The summed E-state index contributed by atoms with van der Waals surface area (Å²) in [6, 6.07) is 11.7. The van der Waals surface area contributed by atoms with Crippen molar-refractivity contribution < 1.29 is 14.5 Å². The van der Waals surface area contributed by atoms with Crippen molar-refractivity contribution in [3.05, 3.63) is 62.6 Å². The number of carbonyl (C=O) groups excluding carboxylic acids is 1. The molecule has 0 aliphatic heterocycles. The molecule has 120 valence electrons. The number of nitrogens with one attached hydrogen (secondary N) is 1. The van der Waals surface area contributed by atoms with Crippen LogP contribution in [0.4, 0.5) is 11.4 Å². The Balaban J connectivity index is 2.09. The molecule has 23 heavy (non-hydrogen) atoms. The lowest BCUT2D eigenvalue weighted by Gasteiger charge is -2.15. The zero-order valence-corrected chi connectivity index (χ0v) is 14.2. The molecule has 0 saturated heterocycles. The van der Waals surface area contributed by atoms with E-state index < -0.39 is 16.9 Å². The van der Waals surface area contributed by atoms with Gasteiger partial charge in [-0.05, 0) is 49.7 Å². The largest absolute Gasteiger partial charge is 0.481 e. The number of nitro benzene ring substituents is 1. The normalized spacial score (nSPS) is 11.6. The van der Waals surface area contributed by atoms with Crippen molar-refractivity contribution in [1.82, 2.24) is 0 Å². The molecule has 0 fully saturated rings. The van der Waals surface area contributed by atoms with E-state index in [1.54, 1.807) is 44.2 Å². The Kier molecular flexibility index (Phi) is 5.33. The lowest BCUT2D eigenvalue weighted by atomic mass is 10.2. The number of carbonyl (C=O) groups is 1. The van der Waals surface area contributed by atoms with Crippen LogP contribution in [0.15, 0.2) is 46.9 Å². The molecule has 0 aliphatic carbocycles. The fourth-order valence-corrected chi connectivity index (χ4v) is 2.17. The molecule has 1 N–H and O–H groups in total. The van der Waals surface area contributed by atoms with Gasteiger partial charge in [-0.2, -0.15) is 0 Å². The summed E-state index contributed by atoms with van der Waals surface area (Å²) >= 11 is 3.31. The van der Waals surface area contributed by atoms with Gasteiger partial charge in [0, 0.05) is 10.5 Å². The van der Waals surface area contributed by atoms with E-state index in [1.165, 1.54) is 12.1 Å². The summed E-state index contributed by atoms with van der Waals surface area (Å²) in [5.41, 5.74) is 0.750. The second-order valence-corrected chi connectivity index (χ2v) is 5.90. The van der Waals surface area contributed by atoms with E-state index in [4.69, 9.17) is 4.74 Å². The highest BCUT2D eigenvalue weighted by Gasteiger charge is 2.20. The van der Waals surface area contributed by atoms with Crippen LogP contribution in [0.25, 0.3) is 0 Å². The second-order valence-electron chi connectivity index (χ2n) is 4.98. The average Bonchev–Trinajstić information content (AvgIpc) is 2.51. The SMILES string of the molecule is Cc1ccc(NC(=O)C(C)Oc2ccc(Br)cc2)c([N+](=O)[O-])c1. The van der Waals surface area contributed by atoms with Crippen LogP contribution in [0.5, 0.6) is 5.75 Å². The van der Waals surface area contributed by atoms with E-state index in [2.05, 4.69) is 21.2 Å². The van der Waals surface area contributed by atoms with Crippen LogP contribution < -0.4 is 10.1 Å². The summed E-state index contributed by atoms with van der Waals surface area (Å²) in [4.78, 5) is 22.7. The van der Waals surface area contributed by atoms with Gasteiger partial charge in [0.05, 0.1) is 4.92 Å². The molecule has 1 amide bonds. The molecule has 2 rings (SSSR count). The molecule has 7 heteroatoms. The van der Waals surface area contributed by atoms with Crippen LogP contribution in [0, 0.1) is 17.0 Å². The van der Waals surface area contributed by atoms with Gasteiger partial charge in [0.15, 0.2) is 6.10 Å². The lowest BCUT2D eigenvalue weighted by Crippen LogP contribution is -2.30. The second kappa shape index (κ2) is 7.23. The minimum absolute atomic E-state index is 0.144. The van der Waals surface area contributed by atoms with Crippen molar-refractivity contribution in [3.8, 4) is 5.75 Å². The quantitative estimate of drug-likeness (QED) is 0.627. The van der Waals surface area contributed by atoms with E-state index in [1.807, 2.05) is 0 Å². The minimum Gasteiger partial charge on any atom is -0.481 e. The van der Waals surface area contributed by atoms with E-state index >= 15 is 0 Å². The Morgan fingerprint density at radius 2 is 1.91 bits per heavy atom. The molecule has 6 nitrogen and oxygen atoms in total. The topological polar surface area (TPSA) is 81.5 Å². The Labute approximate surface area is 141 Å². The predicted molar refractivity (Wildman–Crippen MR) is 90.7 cm³/mol. The van der Waals surface area contributed by atoms with Crippen LogP contribution in [-0.4, -0.2) is 16.9 Å². The minimum atomic E-state index is -0.794. The maximum absolute atomic E-state index is 12.2. The number of hydrogen-bond donors (Lipinski definition) is 1. The Bertz CT molecular complexity index is 731. The smallest absolute Gasteiger partial charge is 0.293 e. The summed E-state index contributed by atoms with van der Waals surface area (Å²) in [6.45, 7) is 3.33. The number of aryl methyl sites for hydroxylation is 1. The summed E-state index contributed by atoms with van der Waals surface area (Å²) in [5.74, 6) is 0.0779. The average molecular weight is 379 g/mol. The van der Waals surface area contributed by atoms with Crippen molar-refractivity contribution in [3.63, 3.8) is 0 Å². The molecule has 2 aromatic carbocycles. The summed E-state index contributed by atoms with van der Waals surface area (Å²) in [5, 5.41) is 13.6. The highest BCUT2D eigenvalue weighted by Crippen LogP contribution is 2.25. The third kappa shape index (κ3) is 4.53. The van der Waals surface area contributed by atoms with Gasteiger partial charge in [-0.25, -0.2) is 0 Å². The van der Waals surface area contributed by atoms with Crippen molar-refractivity contribution >= 4 is 33.2 Å². The Morgan fingerprint density at radius 1 is 1.26 bits per heavy atom. The molecule has 2 aromatic rings. The standard InChI is InChI=1S/C16H15BrN2O4/c1-10-3-8-14(15(9-10)19(21)22)18-16(20)11(2)23-13-6-4-12(17)5-7-13/h3-9,11H,1-2H3,(H,18,20). The fraction of sp³-hybridized carbons (Fsp3) is 0.188. The summed E-state index contributed by atoms with van der Waals surface area (Å²) in [7, 11) is 0. The van der Waals surface area contributed by atoms with Gasteiger partial charge in [0.2, 0.25) is 0 Å². The van der Waals surface area contributed by atoms with Gasteiger partial charge in [0.1, 0.15) is 11.4 Å². The van der Waals surface area contributed by atoms with Crippen LogP contribution >= 0.6 is 15.9 Å². The molecule has 1 atom stereocenters. The van der Waals surface area contributed by atoms with E-state index in [0.29, 0.717) is 5.75 Å². The maximum atomic E-state index is 12.2. The number of benzene rings is 2. The van der Waals surface area contributed by atoms with E-state index in [-0.39, 0.29) is 11.4 Å². The predicted octanol–water partition coefficient (Wildman–Crippen LogP) is 4.07. The third-order valence-electron chi connectivity index (χ3n) is 3.10. The van der Waals surface area contributed by atoms with Gasteiger partial charge in [-0.15, -0.1) is 0 Å². The number of amides is 1. The van der Waals surface area contributed by atoms with Crippen LogP contribution in [-0.2, 0) is 4.79 Å². The van der Waals surface area contributed by atoms with Crippen LogP contribution in [0.1, 0.15) is 12.5 Å². The molecule has 0 aromatic heterocycles. The fourth-order valence-electron chi connectivity index (χ4n) is 1.90. The first kappa shape index (κ1) is 17.0. The van der Waals surface area contributed by atoms with Gasteiger partial charge < -0.3 is 10.1 Å². The number of ether oxygens (including phenoxy) is 1. The van der Waals surface area contributed by atoms with Crippen molar-refractivity contribution in [2.45, 2.75) is 20.0 Å². The number of nitro groups is 1. The van der Waals surface area contributed by atoms with E-state index in [0.717, 1.165) is 10.0 Å². The van der Waals surface area contributed by atoms with E-state index in [9.17, 15) is 14.9 Å². The van der Waals surface area contributed by atoms with Crippen molar-refractivity contribution in [2.24, 2.45) is 0 Å². The molecule has 0 bridgehead atoms. The number of rotatable bonds is 5. The van der Waals surface area contributed by atoms with Gasteiger partial charge in [-0.3, -0.25) is 14.9 Å². The highest BCUT2D eigenvalue weighted by atomic mass is 79.9. The zero-order chi connectivity index (χ0) is 17.0. The molecular formula is C16H15BrN2O4. The molecular weight excluding hydrogens is 364 g/mol.